The molecule has 5 heteroatoms. The van der Waals surface area contributed by atoms with Gasteiger partial charge in [-0.25, -0.2) is 0 Å². The SMILES string of the molecule is CCC(C)(CC)C(=O)/C=C(\O)C(C)(CC)CC.Cc1c(-c2ccc(CC(C)(C)C)cc2)sc2c(-c3[c-]c4ccccc4c(C(C)C)c3)nccc12.[Ir]. The first-order chi connectivity index (χ1) is 24.0. The van der Waals surface area contributed by atoms with E-state index in [-0.39, 0.29) is 42.5 Å². The minimum atomic E-state index is -0.337. The van der Waals surface area contributed by atoms with Crippen LogP contribution < -0.4 is 0 Å². The molecule has 0 aliphatic heterocycles. The van der Waals surface area contributed by atoms with Crippen molar-refractivity contribution in [2.24, 2.45) is 16.2 Å². The number of carbonyl (C=O) groups excluding carboxylic acids is 1. The number of hydrogen-bond donors (Lipinski definition) is 1. The van der Waals surface area contributed by atoms with Crippen molar-refractivity contribution in [1.29, 1.82) is 0 Å². The third-order valence-electron chi connectivity index (χ3n) is 11.1. The average molecular weight is 895 g/mol. The Labute approximate surface area is 331 Å². The summed E-state index contributed by atoms with van der Waals surface area (Å²) in [6, 6.07) is 25.8. The van der Waals surface area contributed by atoms with Gasteiger partial charge < -0.3 is 5.11 Å². The fraction of sp³-hybridized carbons (Fsp3) is 0.447. The molecule has 0 aliphatic rings. The maximum atomic E-state index is 12.2. The molecule has 281 valence electrons. The monoisotopic (exact) mass is 895 g/mol. The number of hydrogen-bond acceptors (Lipinski definition) is 4. The zero-order valence-corrected chi connectivity index (χ0v) is 36.8. The number of aliphatic hydroxyl groups excluding tert-OH is 1. The smallest absolute Gasteiger partial charge is 0.164 e. The molecule has 0 atom stereocenters. The summed E-state index contributed by atoms with van der Waals surface area (Å²) in [5.41, 5.74) is 7.17. The van der Waals surface area contributed by atoms with Gasteiger partial charge in [-0.2, -0.15) is 0 Å². The van der Waals surface area contributed by atoms with Crippen molar-refractivity contribution in [2.45, 2.75) is 121 Å². The third-order valence-corrected chi connectivity index (χ3v) is 12.5. The first kappa shape index (κ1) is 43.3. The maximum absolute atomic E-state index is 12.2. The fourth-order valence-corrected chi connectivity index (χ4v) is 7.86. The summed E-state index contributed by atoms with van der Waals surface area (Å²) in [5, 5.41) is 13.9. The van der Waals surface area contributed by atoms with Crippen LogP contribution in [-0.2, 0) is 31.3 Å². The van der Waals surface area contributed by atoms with Crippen LogP contribution in [0.5, 0.6) is 0 Å². The Bertz CT molecular complexity index is 1990. The molecule has 0 saturated carbocycles. The zero-order chi connectivity index (χ0) is 37.7. The van der Waals surface area contributed by atoms with Crippen molar-refractivity contribution in [3.8, 4) is 21.7 Å². The Morgan fingerprint density at radius 2 is 1.46 bits per heavy atom. The van der Waals surface area contributed by atoms with Gasteiger partial charge in [0.25, 0.3) is 0 Å². The number of allylic oxidation sites excluding steroid dienone is 2. The van der Waals surface area contributed by atoms with Gasteiger partial charge >= 0.3 is 0 Å². The van der Waals surface area contributed by atoms with Crippen molar-refractivity contribution >= 4 is 38.0 Å². The fourth-order valence-electron chi connectivity index (χ4n) is 6.55. The molecular formula is C47H60IrNO2S-. The molecule has 5 rings (SSSR count). The van der Waals surface area contributed by atoms with Gasteiger partial charge in [0.05, 0.1) is 0 Å². The molecule has 0 bridgehead atoms. The van der Waals surface area contributed by atoms with E-state index in [0.717, 1.165) is 48.7 Å². The van der Waals surface area contributed by atoms with Gasteiger partial charge in [-0.15, -0.1) is 40.5 Å². The number of aryl methyl sites for hydroxylation is 1. The predicted octanol–water partition coefficient (Wildman–Crippen LogP) is 14.3. The second kappa shape index (κ2) is 17.8. The van der Waals surface area contributed by atoms with Gasteiger partial charge in [-0.05, 0) is 78.5 Å². The van der Waals surface area contributed by atoms with Gasteiger partial charge in [0.2, 0.25) is 0 Å². The van der Waals surface area contributed by atoms with E-state index in [1.165, 1.54) is 48.7 Å². The molecule has 1 radical (unpaired) electrons. The Balaban J connectivity index is 0.000000347. The second-order valence-electron chi connectivity index (χ2n) is 16.3. The molecule has 0 unspecified atom stereocenters. The van der Waals surface area contributed by atoms with E-state index in [1.54, 1.807) is 0 Å². The van der Waals surface area contributed by atoms with E-state index >= 15 is 0 Å². The van der Waals surface area contributed by atoms with Crippen LogP contribution in [0.15, 0.2) is 78.7 Å². The molecule has 0 amide bonds. The summed E-state index contributed by atoms with van der Waals surface area (Å²) >= 11 is 1.85. The standard InChI is InChI=1S/C32H32NS.C15H28O2.Ir/c1-20(2)28-18-25(17-24-9-7-8-10-27(24)28)29-31-26(15-16-33-29)21(3)30(34-31)23-13-11-22(12-14-23)19-32(4,5)6;1-7-14(5,8-2)12(16)11-13(17)15(6,9-3)10-4;/h7-16,18,20H,19H2,1-6H3;11,16H,7-10H2,1-6H3;/q-1;;/b;12-11-;. The Kier molecular flexibility index (Phi) is 14.8. The average Bonchev–Trinajstić information content (AvgIpc) is 3.46. The van der Waals surface area contributed by atoms with E-state index in [4.69, 9.17) is 4.98 Å². The molecule has 0 fully saturated rings. The molecule has 0 saturated heterocycles. The van der Waals surface area contributed by atoms with Crippen LogP contribution in [-0.4, -0.2) is 15.9 Å². The van der Waals surface area contributed by atoms with Crippen LogP contribution >= 0.6 is 11.3 Å². The van der Waals surface area contributed by atoms with Crippen LogP contribution in [0.25, 0.3) is 42.6 Å². The van der Waals surface area contributed by atoms with E-state index in [9.17, 15) is 9.90 Å². The summed E-state index contributed by atoms with van der Waals surface area (Å²) in [7, 11) is 0. The van der Waals surface area contributed by atoms with E-state index in [0.29, 0.717) is 11.3 Å². The quantitative estimate of drug-likeness (QED) is 0.0816. The number of fused-ring (bicyclic) bond motifs is 2. The molecule has 1 N–H and O–H groups in total. The molecule has 3 aromatic carbocycles. The Hall–Kier alpha value is -3.11. The number of benzene rings is 3. The predicted molar refractivity (Wildman–Crippen MR) is 222 cm³/mol. The van der Waals surface area contributed by atoms with Crippen molar-refractivity contribution < 1.29 is 30.0 Å². The van der Waals surface area contributed by atoms with E-state index in [1.807, 2.05) is 59.1 Å². The topological polar surface area (TPSA) is 50.2 Å². The van der Waals surface area contributed by atoms with Crippen molar-refractivity contribution in [1.82, 2.24) is 4.98 Å². The second-order valence-corrected chi connectivity index (χ2v) is 17.3. The van der Waals surface area contributed by atoms with Gasteiger partial charge in [0, 0.05) is 58.5 Å². The minimum Gasteiger partial charge on any atom is -0.512 e. The summed E-state index contributed by atoms with van der Waals surface area (Å²) in [6.45, 7) is 25.7. The molecular weight excluding hydrogens is 835 g/mol. The van der Waals surface area contributed by atoms with Crippen molar-refractivity contribution in [3.63, 3.8) is 0 Å². The molecule has 3 nitrogen and oxygen atoms in total. The summed E-state index contributed by atoms with van der Waals surface area (Å²) in [6.07, 6.45) is 7.79. The number of rotatable bonds is 11. The van der Waals surface area contributed by atoms with Crippen LogP contribution in [0.1, 0.15) is 124 Å². The number of aromatic nitrogens is 1. The molecule has 2 heterocycles. The van der Waals surface area contributed by atoms with Crippen molar-refractivity contribution in [3.05, 3.63) is 101 Å². The largest absolute Gasteiger partial charge is 0.512 e. The number of carbonyl (C=O) groups is 1. The maximum Gasteiger partial charge on any atom is 0.164 e. The van der Waals surface area contributed by atoms with E-state index in [2.05, 4.69) is 108 Å². The van der Waals surface area contributed by atoms with Gasteiger partial charge in [-0.3, -0.25) is 9.78 Å². The molecule has 0 spiro atoms. The Morgan fingerprint density at radius 1 is 0.865 bits per heavy atom. The number of nitrogens with zero attached hydrogens (tertiary/aromatic N) is 1. The van der Waals surface area contributed by atoms with Crippen LogP contribution in [0.3, 0.4) is 0 Å². The number of pyridine rings is 1. The van der Waals surface area contributed by atoms with Crippen LogP contribution in [0.4, 0.5) is 0 Å². The van der Waals surface area contributed by atoms with Gasteiger partial charge in [-0.1, -0.05) is 130 Å². The molecule has 52 heavy (non-hydrogen) atoms. The van der Waals surface area contributed by atoms with Gasteiger partial charge in [0.15, 0.2) is 5.78 Å². The Morgan fingerprint density at radius 3 is 2.02 bits per heavy atom. The molecule has 5 aromatic rings. The summed E-state index contributed by atoms with van der Waals surface area (Å²) < 4.78 is 1.25. The summed E-state index contributed by atoms with van der Waals surface area (Å²) in [5.74, 6) is 0.721. The zero-order valence-electron chi connectivity index (χ0n) is 33.6. The first-order valence-electron chi connectivity index (χ1n) is 18.9. The molecule has 2 aromatic heterocycles. The summed E-state index contributed by atoms with van der Waals surface area (Å²) in [4.78, 5) is 18.4. The normalized spacial score (nSPS) is 12.5. The van der Waals surface area contributed by atoms with Crippen LogP contribution in [0.2, 0.25) is 0 Å². The van der Waals surface area contributed by atoms with Gasteiger partial charge in [0.1, 0.15) is 5.76 Å². The minimum absolute atomic E-state index is 0. The van der Waals surface area contributed by atoms with Crippen molar-refractivity contribution in [2.75, 3.05) is 0 Å². The third kappa shape index (κ3) is 9.70. The first-order valence-corrected chi connectivity index (χ1v) is 19.7. The van der Waals surface area contributed by atoms with Crippen LogP contribution in [0, 0.1) is 29.2 Å². The number of ketones is 1. The number of aliphatic hydroxyl groups is 1. The number of thiophene rings is 1. The van der Waals surface area contributed by atoms with E-state index < -0.39 is 0 Å². The molecule has 0 aliphatic carbocycles.